The number of hydrogen-bond acceptors (Lipinski definition) is 2. The Labute approximate surface area is 82.8 Å². The average Bonchev–Trinajstić information content (AvgIpc) is 2.87. The zero-order valence-electron chi connectivity index (χ0n) is 7.06. The number of aromatic nitrogens is 1. The number of hydrogen-bond donors (Lipinski definition) is 1. The first-order valence-corrected chi connectivity index (χ1v) is 4.03. The SMILES string of the molecule is Cl.NC(=O)c1ccc(C2CC2)nc1. The van der Waals surface area contributed by atoms with E-state index in [-0.39, 0.29) is 12.4 Å². The Kier molecular flexibility index (Phi) is 2.88. The second-order valence-electron chi connectivity index (χ2n) is 3.11. The van der Waals surface area contributed by atoms with Gasteiger partial charge >= 0.3 is 0 Å². The van der Waals surface area contributed by atoms with Crippen LogP contribution in [0.15, 0.2) is 18.3 Å². The summed E-state index contributed by atoms with van der Waals surface area (Å²) in [5.41, 5.74) is 6.65. The molecule has 13 heavy (non-hydrogen) atoms. The summed E-state index contributed by atoms with van der Waals surface area (Å²) in [6.07, 6.45) is 4.00. The van der Waals surface area contributed by atoms with Crippen molar-refractivity contribution in [2.45, 2.75) is 18.8 Å². The highest BCUT2D eigenvalue weighted by atomic mass is 35.5. The predicted octanol–water partition coefficient (Wildman–Crippen LogP) is 1.48. The van der Waals surface area contributed by atoms with Crippen LogP contribution in [-0.2, 0) is 0 Å². The Bertz CT molecular complexity index is 306. The van der Waals surface area contributed by atoms with Crippen LogP contribution in [0, 0.1) is 0 Å². The van der Waals surface area contributed by atoms with Crippen molar-refractivity contribution in [1.82, 2.24) is 4.98 Å². The van der Waals surface area contributed by atoms with Crippen LogP contribution in [0.3, 0.4) is 0 Å². The average molecular weight is 199 g/mol. The molecule has 3 nitrogen and oxygen atoms in total. The molecule has 0 aromatic carbocycles. The van der Waals surface area contributed by atoms with Crippen molar-refractivity contribution < 1.29 is 4.79 Å². The monoisotopic (exact) mass is 198 g/mol. The molecule has 1 aromatic heterocycles. The molecule has 1 fully saturated rings. The molecule has 1 heterocycles. The topological polar surface area (TPSA) is 56.0 Å². The summed E-state index contributed by atoms with van der Waals surface area (Å²) in [6, 6.07) is 3.63. The van der Waals surface area contributed by atoms with Crippen molar-refractivity contribution in [2.24, 2.45) is 5.73 Å². The molecule has 0 spiro atoms. The predicted molar refractivity (Wildman–Crippen MR) is 52.0 cm³/mol. The minimum atomic E-state index is -0.412. The van der Waals surface area contributed by atoms with Gasteiger partial charge in [0.1, 0.15) is 0 Å². The first-order chi connectivity index (χ1) is 5.77. The molecule has 2 rings (SSSR count). The molecule has 1 saturated carbocycles. The van der Waals surface area contributed by atoms with Crippen molar-refractivity contribution in [3.8, 4) is 0 Å². The Morgan fingerprint density at radius 3 is 2.54 bits per heavy atom. The van der Waals surface area contributed by atoms with Crippen LogP contribution in [-0.4, -0.2) is 10.9 Å². The van der Waals surface area contributed by atoms with Crippen LogP contribution in [0.4, 0.5) is 0 Å². The number of carbonyl (C=O) groups excluding carboxylic acids is 1. The van der Waals surface area contributed by atoms with E-state index in [4.69, 9.17) is 5.73 Å². The lowest BCUT2D eigenvalue weighted by Crippen LogP contribution is -2.11. The van der Waals surface area contributed by atoms with E-state index < -0.39 is 5.91 Å². The zero-order chi connectivity index (χ0) is 8.55. The third kappa shape index (κ3) is 2.18. The number of pyridine rings is 1. The lowest BCUT2D eigenvalue weighted by Gasteiger charge is -1.97. The van der Waals surface area contributed by atoms with Crippen LogP contribution in [0.5, 0.6) is 0 Å². The third-order valence-electron chi connectivity index (χ3n) is 2.07. The molecule has 0 atom stereocenters. The van der Waals surface area contributed by atoms with E-state index >= 15 is 0 Å². The van der Waals surface area contributed by atoms with Gasteiger partial charge in [0.15, 0.2) is 0 Å². The highest BCUT2D eigenvalue weighted by Gasteiger charge is 2.24. The van der Waals surface area contributed by atoms with Gasteiger partial charge in [-0.1, -0.05) is 0 Å². The molecule has 4 heteroatoms. The standard InChI is InChI=1S/C9H10N2O.ClH/c10-9(12)7-3-4-8(11-5-7)6-1-2-6;/h3-6H,1-2H2,(H2,10,12);1H. The molecule has 1 aromatic rings. The Hall–Kier alpha value is -1.09. The second kappa shape index (κ2) is 3.75. The van der Waals surface area contributed by atoms with E-state index in [1.807, 2.05) is 6.07 Å². The molecule has 0 saturated heterocycles. The van der Waals surface area contributed by atoms with Crippen molar-refractivity contribution in [1.29, 1.82) is 0 Å². The van der Waals surface area contributed by atoms with Gasteiger partial charge in [-0.05, 0) is 25.0 Å². The number of amides is 1. The minimum Gasteiger partial charge on any atom is -0.366 e. The number of carbonyl (C=O) groups is 1. The van der Waals surface area contributed by atoms with Gasteiger partial charge in [-0.25, -0.2) is 0 Å². The molecule has 2 N–H and O–H groups in total. The fourth-order valence-electron chi connectivity index (χ4n) is 1.17. The molecular formula is C9H11ClN2O. The van der Waals surface area contributed by atoms with E-state index in [0.29, 0.717) is 11.5 Å². The third-order valence-corrected chi connectivity index (χ3v) is 2.07. The van der Waals surface area contributed by atoms with E-state index in [9.17, 15) is 4.79 Å². The second-order valence-corrected chi connectivity index (χ2v) is 3.11. The fraction of sp³-hybridized carbons (Fsp3) is 0.333. The summed E-state index contributed by atoms with van der Waals surface area (Å²) < 4.78 is 0. The van der Waals surface area contributed by atoms with Gasteiger partial charge in [-0.15, -0.1) is 12.4 Å². The maximum Gasteiger partial charge on any atom is 0.250 e. The van der Waals surface area contributed by atoms with Crippen molar-refractivity contribution in [3.63, 3.8) is 0 Å². The quantitative estimate of drug-likeness (QED) is 0.783. The Morgan fingerprint density at radius 1 is 1.46 bits per heavy atom. The molecule has 0 unspecified atom stereocenters. The number of nitrogens with two attached hydrogens (primary N) is 1. The molecule has 1 aliphatic carbocycles. The summed E-state index contributed by atoms with van der Waals surface area (Å²) in [6.45, 7) is 0. The van der Waals surface area contributed by atoms with E-state index in [1.165, 1.54) is 12.8 Å². The summed E-state index contributed by atoms with van der Waals surface area (Å²) in [5.74, 6) is 0.219. The molecule has 0 bridgehead atoms. The highest BCUT2D eigenvalue weighted by Crippen LogP contribution is 2.38. The van der Waals surface area contributed by atoms with Crippen LogP contribution >= 0.6 is 12.4 Å². The Balaban J connectivity index is 0.000000845. The summed E-state index contributed by atoms with van der Waals surface area (Å²) in [4.78, 5) is 14.8. The van der Waals surface area contributed by atoms with Gasteiger partial charge in [-0.2, -0.15) is 0 Å². The van der Waals surface area contributed by atoms with Crippen LogP contribution < -0.4 is 5.73 Å². The lowest BCUT2D eigenvalue weighted by atomic mass is 10.2. The van der Waals surface area contributed by atoms with Crippen LogP contribution in [0.1, 0.15) is 34.8 Å². The molecule has 1 amide bonds. The minimum absolute atomic E-state index is 0. The first-order valence-electron chi connectivity index (χ1n) is 4.03. The summed E-state index contributed by atoms with van der Waals surface area (Å²) >= 11 is 0. The fourth-order valence-corrected chi connectivity index (χ4v) is 1.17. The van der Waals surface area contributed by atoms with Gasteiger partial charge in [0.2, 0.25) is 5.91 Å². The van der Waals surface area contributed by atoms with Crippen molar-refractivity contribution in [3.05, 3.63) is 29.6 Å². The van der Waals surface area contributed by atoms with Gasteiger partial charge < -0.3 is 5.73 Å². The maximum atomic E-state index is 10.7. The smallest absolute Gasteiger partial charge is 0.250 e. The lowest BCUT2D eigenvalue weighted by molar-refractivity contribution is 0.1000. The Morgan fingerprint density at radius 2 is 2.15 bits per heavy atom. The van der Waals surface area contributed by atoms with E-state index in [0.717, 1.165) is 5.69 Å². The maximum absolute atomic E-state index is 10.7. The van der Waals surface area contributed by atoms with E-state index in [1.54, 1.807) is 12.3 Å². The summed E-state index contributed by atoms with van der Waals surface area (Å²) in [5, 5.41) is 0. The number of nitrogens with zero attached hydrogens (tertiary/aromatic N) is 1. The van der Waals surface area contributed by atoms with Gasteiger partial charge in [-0.3, -0.25) is 9.78 Å². The number of halogens is 1. The van der Waals surface area contributed by atoms with Crippen molar-refractivity contribution in [2.75, 3.05) is 0 Å². The van der Waals surface area contributed by atoms with Crippen LogP contribution in [0.25, 0.3) is 0 Å². The number of primary amides is 1. The number of rotatable bonds is 2. The van der Waals surface area contributed by atoms with E-state index in [2.05, 4.69) is 4.98 Å². The molecule has 0 aliphatic heterocycles. The van der Waals surface area contributed by atoms with Crippen LogP contribution in [0.2, 0.25) is 0 Å². The summed E-state index contributed by atoms with van der Waals surface area (Å²) in [7, 11) is 0. The van der Waals surface area contributed by atoms with Gasteiger partial charge in [0.05, 0.1) is 5.56 Å². The van der Waals surface area contributed by atoms with Crippen molar-refractivity contribution >= 4 is 18.3 Å². The zero-order valence-corrected chi connectivity index (χ0v) is 7.88. The molecule has 0 radical (unpaired) electrons. The normalized spacial score (nSPS) is 14.8. The molecule has 70 valence electrons. The molecule has 1 aliphatic rings. The first kappa shape index (κ1) is 9.99. The highest BCUT2D eigenvalue weighted by molar-refractivity contribution is 5.92. The largest absolute Gasteiger partial charge is 0.366 e. The van der Waals surface area contributed by atoms with Gasteiger partial charge in [0.25, 0.3) is 0 Å². The van der Waals surface area contributed by atoms with Gasteiger partial charge in [0, 0.05) is 17.8 Å². The molecular weight excluding hydrogens is 188 g/mol.